The predicted molar refractivity (Wildman–Crippen MR) is 110 cm³/mol. The first-order valence-corrected chi connectivity index (χ1v) is 10.6. The number of likely N-dealkylation sites (tertiary alicyclic amines) is 1. The van der Waals surface area contributed by atoms with Crippen molar-refractivity contribution in [3.05, 3.63) is 34.6 Å². The van der Waals surface area contributed by atoms with E-state index in [1.165, 1.54) is 25.5 Å². The summed E-state index contributed by atoms with van der Waals surface area (Å²) >= 11 is 1.67. The standard InChI is InChI=1S/C20H28N4OS/c21-11-5-1-8-16-26-20-22-18-10-4-3-9-17(18)19(25)24(20)15-14-23-12-6-2-7-13-23/h3-4,9-11,21H,1-2,5-8,12-16H2. The van der Waals surface area contributed by atoms with Gasteiger partial charge in [-0.15, -0.1) is 0 Å². The summed E-state index contributed by atoms with van der Waals surface area (Å²) in [6, 6.07) is 7.64. The van der Waals surface area contributed by atoms with Gasteiger partial charge in [0, 0.05) is 18.8 Å². The molecule has 1 N–H and O–H groups in total. The molecule has 1 fully saturated rings. The van der Waals surface area contributed by atoms with Crippen LogP contribution in [0.2, 0.25) is 0 Å². The van der Waals surface area contributed by atoms with Gasteiger partial charge < -0.3 is 10.3 Å². The molecule has 5 nitrogen and oxygen atoms in total. The summed E-state index contributed by atoms with van der Waals surface area (Å²) in [5.74, 6) is 0.933. The second kappa shape index (κ2) is 9.88. The Morgan fingerprint density at radius 1 is 1.12 bits per heavy atom. The molecule has 0 saturated carbocycles. The molecule has 0 atom stereocenters. The third-order valence-electron chi connectivity index (χ3n) is 4.89. The van der Waals surface area contributed by atoms with Crippen LogP contribution in [0.25, 0.3) is 10.9 Å². The van der Waals surface area contributed by atoms with Crippen LogP contribution in [-0.2, 0) is 6.54 Å². The normalized spacial score (nSPS) is 15.4. The summed E-state index contributed by atoms with van der Waals surface area (Å²) in [7, 11) is 0. The highest BCUT2D eigenvalue weighted by Gasteiger charge is 2.14. The summed E-state index contributed by atoms with van der Waals surface area (Å²) in [5.41, 5.74) is 0.864. The van der Waals surface area contributed by atoms with E-state index in [2.05, 4.69) is 4.90 Å². The fourth-order valence-electron chi connectivity index (χ4n) is 3.39. The van der Waals surface area contributed by atoms with E-state index < -0.39 is 0 Å². The van der Waals surface area contributed by atoms with Gasteiger partial charge in [0.1, 0.15) is 0 Å². The summed E-state index contributed by atoms with van der Waals surface area (Å²) in [6.45, 7) is 3.91. The Kier molecular flexibility index (Phi) is 7.26. The second-order valence-electron chi connectivity index (χ2n) is 6.82. The molecular weight excluding hydrogens is 344 g/mol. The van der Waals surface area contributed by atoms with Gasteiger partial charge >= 0.3 is 0 Å². The van der Waals surface area contributed by atoms with Crippen molar-refractivity contribution in [2.45, 2.75) is 50.2 Å². The van der Waals surface area contributed by atoms with Crippen LogP contribution in [0.1, 0.15) is 38.5 Å². The first-order valence-electron chi connectivity index (χ1n) is 9.63. The average Bonchev–Trinajstić information content (AvgIpc) is 2.68. The van der Waals surface area contributed by atoms with Crippen LogP contribution >= 0.6 is 11.8 Å². The van der Waals surface area contributed by atoms with Gasteiger partial charge in [-0.25, -0.2) is 4.98 Å². The van der Waals surface area contributed by atoms with Crippen molar-refractivity contribution >= 4 is 28.9 Å². The largest absolute Gasteiger partial charge is 0.313 e. The minimum absolute atomic E-state index is 0.0783. The number of nitrogens with zero attached hydrogens (tertiary/aromatic N) is 3. The maximum absolute atomic E-state index is 13.0. The van der Waals surface area contributed by atoms with Crippen molar-refractivity contribution in [1.82, 2.24) is 14.5 Å². The maximum Gasteiger partial charge on any atom is 0.262 e. The molecule has 1 saturated heterocycles. The quantitative estimate of drug-likeness (QED) is 0.315. The molecular formula is C20H28N4OS. The van der Waals surface area contributed by atoms with E-state index in [9.17, 15) is 4.79 Å². The molecule has 3 rings (SSSR count). The van der Waals surface area contributed by atoms with Gasteiger partial charge in [-0.3, -0.25) is 9.36 Å². The van der Waals surface area contributed by atoms with Crippen LogP contribution in [0.5, 0.6) is 0 Å². The fraction of sp³-hybridized carbons (Fsp3) is 0.550. The minimum Gasteiger partial charge on any atom is -0.313 e. The molecule has 0 amide bonds. The lowest BCUT2D eigenvalue weighted by Gasteiger charge is -2.27. The van der Waals surface area contributed by atoms with Crippen LogP contribution < -0.4 is 5.56 Å². The summed E-state index contributed by atoms with van der Waals surface area (Å²) < 4.78 is 1.87. The number of fused-ring (bicyclic) bond motifs is 1. The Hall–Kier alpha value is -1.66. The van der Waals surface area contributed by atoms with Crippen molar-refractivity contribution in [1.29, 1.82) is 5.41 Å². The number of aromatic nitrogens is 2. The first-order chi connectivity index (χ1) is 12.8. The lowest BCUT2D eigenvalue weighted by atomic mass is 10.1. The van der Waals surface area contributed by atoms with Crippen LogP contribution in [0.3, 0.4) is 0 Å². The SMILES string of the molecule is N=CCCCCSc1nc2ccccc2c(=O)n1CCN1CCCCC1. The van der Waals surface area contributed by atoms with Gasteiger partial charge in [0.25, 0.3) is 5.56 Å². The zero-order chi connectivity index (χ0) is 18.2. The van der Waals surface area contributed by atoms with Crippen LogP contribution in [-0.4, -0.2) is 46.1 Å². The average molecular weight is 373 g/mol. The highest BCUT2D eigenvalue weighted by Crippen LogP contribution is 2.19. The van der Waals surface area contributed by atoms with E-state index in [1.54, 1.807) is 11.8 Å². The molecule has 0 bridgehead atoms. The third-order valence-corrected chi connectivity index (χ3v) is 5.95. The van der Waals surface area contributed by atoms with E-state index >= 15 is 0 Å². The summed E-state index contributed by atoms with van der Waals surface area (Å²) in [5, 5.41) is 8.65. The third kappa shape index (κ3) is 4.95. The van der Waals surface area contributed by atoms with Gasteiger partial charge in [-0.2, -0.15) is 0 Å². The van der Waals surface area contributed by atoms with Crippen molar-refractivity contribution in [2.24, 2.45) is 0 Å². The zero-order valence-corrected chi connectivity index (χ0v) is 16.1. The number of unbranched alkanes of at least 4 members (excludes halogenated alkanes) is 2. The lowest BCUT2D eigenvalue weighted by molar-refractivity contribution is 0.217. The Morgan fingerprint density at radius 2 is 1.92 bits per heavy atom. The number of piperidine rings is 1. The topological polar surface area (TPSA) is 62.0 Å². The summed E-state index contributed by atoms with van der Waals surface area (Å²) in [4.78, 5) is 20.3. The van der Waals surface area contributed by atoms with E-state index in [4.69, 9.17) is 10.4 Å². The molecule has 2 heterocycles. The van der Waals surface area contributed by atoms with Crippen LogP contribution in [0.15, 0.2) is 34.2 Å². The molecule has 6 heteroatoms. The van der Waals surface area contributed by atoms with Gasteiger partial charge in [-0.1, -0.05) is 30.3 Å². The number of para-hydroxylation sites is 1. The van der Waals surface area contributed by atoms with Crippen molar-refractivity contribution in [3.8, 4) is 0 Å². The van der Waals surface area contributed by atoms with Crippen molar-refractivity contribution in [3.63, 3.8) is 0 Å². The number of nitrogens with one attached hydrogen (secondary N) is 1. The van der Waals surface area contributed by atoms with Crippen LogP contribution in [0, 0.1) is 5.41 Å². The number of benzene rings is 1. The lowest BCUT2D eigenvalue weighted by Crippen LogP contribution is -2.35. The Balaban J connectivity index is 1.77. The molecule has 1 aliphatic rings. The van der Waals surface area contributed by atoms with E-state index in [-0.39, 0.29) is 5.56 Å². The highest BCUT2D eigenvalue weighted by atomic mass is 32.2. The zero-order valence-electron chi connectivity index (χ0n) is 15.3. The molecule has 0 spiro atoms. The number of thioether (sulfide) groups is 1. The van der Waals surface area contributed by atoms with E-state index in [0.29, 0.717) is 11.9 Å². The smallest absolute Gasteiger partial charge is 0.262 e. The molecule has 1 aromatic carbocycles. The van der Waals surface area contributed by atoms with E-state index in [1.807, 2.05) is 28.8 Å². The molecule has 26 heavy (non-hydrogen) atoms. The Labute approximate surface area is 159 Å². The first kappa shape index (κ1) is 19.1. The molecule has 2 aromatic rings. The van der Waals surface area contributed by atoms with Gasteiger partial charge in [0.05, 0.1) is 10.9 Å². The highest BCUT2D eigenvalue weighted by molar-refractivity contribution is 7.99. The Bertz CT molecular complexity index is 783. The van der Waals surface area contributed by atoms with E-state index in [0.717, 1.165) is 55.3 Å². The number of hydrogen-bond donors (Lipinski definition) is 1. The summed E-state index contributed by atoms with van der Waals surface area (Å²) in [6.07, 6.45) is 8.20. The van der Waals surface area contributed by atoms with Crippen molar-refractivity contribution in [2.75, 3.05) is 25.4 Å². The number of hydrogen-bond acceptors (Lipinski definition) is 5. The van der Waals surface area contributed by atoms with Crippen molar-refractivity contribution < 1.29 is 0 Å². The van der Waals surface area contributed by atoms with Crippen LogP contribution in [0.4, 0.5) is 0 Å². The monoisotopic (exact) mass is 372 g/mol. The predicted octanol–water partition coefficient (Wildman–Crippen LogP) is 3.79. The molecule has 0 aliphatic carbocycles. The minimum atomic E-state index is 0.0783. The van der Waals surface area contributed by atoms with Gasteiger partial charge in [-0.05, 0) is 63.5 Å². The maximum atomic E-state index is 13.0. The molecule has 1 aromatic heterocycles. The molecule has 0 radical (unpaired) electrons. The fourth-order valence-corrected chi connectivity index (χ4v) is 4.42. The molecule has 140 valence electrons. The molecule has 1 aliphatic heterocycles. The second-order valence-corrected chi connectivity index (χ2v) is 7.88. The van der Waals surface area contributed by atoms with Gasteiger partial charge in [0.15, 0.2) is 5.16 Å². The van der Waals surface area contributed by atoms with Gasteiger partial charge in [0.2, 0.25) is 0 Å². The number of rotatable bonds is 9. The Morgan fingerprint density at radius 3 is 2.73 bits per heavy atom. The molecule has 0 unspecified atom stereocenters.